The lowest BCUT2D eigenvalue weighted by molar-refractivity contribution is 0.0746. The lowest BCUT2D eigenvalue weighted by atomic mass is 10.1. The number of benzene rings is 1. The molecular formula is C21H32N2O3S. The van der Waals surface area contributed by atoms with Gasteiger partial charge < -0.3 is 4.90 Å². The van der Waals surface area contributed by atoms with E-state index in [4.69, 9.17) is 0 Å². The highest BCUT2D eigenvalue weighted by molar-refractivity contribution is 7.89. The highest BCUT2D eigenvalue weighted by atomic mass is 32.2. The van der Waals surface area contributed by atoms with Crippen LogP contribution in [0.4, 0.5) is 0 Å². The smallest absolute Gasteiger partial charge is 0.254 e. The Morgan fingerprint density at radius 2 is 1.96 bits per heavy atom. The van der Waals surface area contributed by atoms with Crippen molar-refractivity contribution in [1.29, 1.82) is 0 Å². The van der Waals surface area contributed by atoms with Crippen LogP contribution in [0.3, 0.4) is 0 Å². The van der Waals surface area contributed by atoms with Crippen molar-refractivity contribution in [1.82, 2.24) is 9.21 Å². The number of carbonyl (C=O) groups excluding carboxylic acids is 1. The van der Waals surface area contributed by atoms with E-state index in [1.807, 2.05) is 18.7 Å². The second kappa shape index (κ2) is 8.31. The number of aryl methyl sites for hydroxylation is 1. The Bertz CT molecular complexity index is 787. The maximum Gasteiger partial charge on any atom is 0.254 e. The highest BCUT2D eigenvalue weighted by Crippen LogP contribution is 2.31. The summed E-state index contributed by atoms with van der Waals surface area (Å²) in [6.07, 6.45) is 6.13. The Labute approximate surface area is 163 Å². The predicted molar refractivity (Wildman–Crippen MR) is 107 cm³/mol. The van der Waals surface area contributed by atoms with E-state index < -0.39 is 10.0 Å². The molecule has 150 valence electrons. The molecule has 2 aliphatic rings. The van der Waals surface area contributed by atoms with Gasteiger partial charge in [-0.05, 0) is 69.6 Å². The van der Waals surface area contributed by atoms with Crippen molar-refractivity contribution in [2.45, 2.75) is 70.2 Å². The van der Waals surface area contributed by atoms with Crippen LogP contribution in [0.1, 0.15) is 68.3 Å². The van der Waals surface area contributed by atoms with E-state index in [0.29, 0.717) is 18.0 Å². The van der Waals surface area contributed by atoms with Crippen LogP contribution in [0.25, 0.3) is 0 Å². The van der Waals surface area contributed by atoms with Gasteiger partial charge in [-0.2, -0.15) is 4.31 Å². The lowest BCUT2D eigenvalue weighted by Crippen LogP contribution is -2.42. The Balaban J connectivity index is 1.89. The van der Waals surface area contributed by atoms with E-state index >= 15 is 0 Å². The molecule has 0 aromatic heterocycles. The zero-order chi connectivity index (χ0) is 19.6. The minimum Gasteiger partial charge on any atom is -0.338 e. The Morgan fingerprint density at radius 1 is 1.22 bits per heavy atom. The molecule has 1 aliphatic heterocycles. The molecule has 1 saturated carbocycles. The topological polar surface area (TPSA) is 57.7 Å². The average molecular weight is 393 g/mol. The van der Waals surface area contributed by atoms with Gasteiger partial charge in [0.05, 0.1) is 4.90 Å². The first-order chi connectivity index (χ1) is 12.8. The fraction of sp³-hybridized carbons (Fsp3) is 0.667. The molecule has 1 aliphatic carbocycles. The summed E-state index contributed by atoms with van der Waals surface area (Å²) in [5.74, 6) is 0.576. The highest BCUT2D eigenvalue weighted by Gasteiger charge is 2.32. The summed E-state index contributed by atoms with van der Waals surface area (Å²) < 4.78 is 27.9. The minimum absolute atomic E-state index is 0.00987. The monoisotopic (exact) mass is 392 g/mol. The Morgan fingerprint density at radius 3 is 2.59 bits per heavy atom. The number of piperidine rings is 1. The van der Waals surface area contributed by atoms with Gasteiger partial charge in [0.1, 0.15) is 0 Å². The van der Waals surface area contributed by atoms with Crippen molar-refractivity contribution in [3.05, 3.63) is 29.3 Å². The van der Waals surface area contributed by atoms with E-state index in [1.165, 1.54) is 12.8 Å². The fourth-order valence-electron chi connectivity index (χ4n) is 3.88. The zero-order valence-corrected chi connectivity index (χ0v) is 17.6. The van der Waals surface area contributed by atoms with Gasteiger partial charge in [-0.1, -0.05) is 19.4 Å². The van der Waals surface area contributed by atoms with Crippen molar-refractivity contribution in [2.75, 3.05) is 19.6 Å². The maximum absolute atomic E-state index is 13.2. The number of amides is 1. The van der Waals surface area contributed by atoms with Gasteiger partial charge in [0, 0.05) is 31.2 Å². The third kappa shape index (κ3) is 4.54. The molecule has 1 aromatic rings. The van der Waals surface area contributed by atoms with Crippen molar-refractivity contribution < 1.29 is 13.2 Å². The number of sulfonamides is 1. The Hall–Kier alpha value is -1.40. The fourth-order valence-corrected chi connectivity index (χ4v) is 5.61. The number of hydrogen-bond donors (Lipinski definition) is 0. The summed E-state index contributed by atoms with van der Waals surface area (Å²) in [7, 11) is -3.57. The van der Waals surface area contributed by atoms with Crippen LogP contribution in [0.5, 0.6) is 0 Å². The largest absolute Gasteiger partial charge is 0.338 e. The van der Waals surface area contributed by atoms with E-state index in [2.05, 4.69) is 6.92 Å². The molecule has 27 heavy (non-hydrogen) atoms. The van der Waals surface area contributed by atoms with Crippen LogP contribution in [-0.2, 0) is 10.0 Å². The van der Waals surface area contributed by atoms with Gasteiger partial charge in [-0.3, -0.25) is 4.79 Å². The summed E-state index contributed by atoms with van der Waals surface area (Å²) in [5.41, 5.74) is 1.36. The van der Waals surface area contributed by atoms with Crippen LogP contribution in [0.2, 0.25) is 0 Å². The molecule has 2 fully saturated rings. The first-order valence-electron chi connectivity index (χ1n) is 10.3. The summed E-state index contributed by atoms with van der Waals surface area (Å²) in [6, 6.07) is 5.03. The van der Waals surface area contributed by atoms with Gasteiger partial charge >= 0.3 is 0 Å². The van der Waals surface area contributed by atoms with Crippen LogP contribution in [-0.4, -0.2) is 49.2 Å². The maximum atomic E-state index is 13.2. The molecule has 1 unspecified atom stereocenters. The van der Waals surface area contributed by atoms with Gasteiger partial charge in [-0.15, -0.1) is 0 Å². The summed E-state index contributed by atoms with van der Waals surface area (Å²) >= 11 is 0. The SMILES string of the molecule is CCCN(CC1CC1)C(=O)c1cc(S(=O)(=O)N2CCCCC2C)ccc1C. The van der Waals surface area contributed by atoms with Gasteiger partial charge in [-0.25, -0.2) is 8.42 Å². The molecule has 1 amide bonds. The molecule has 0 bridgehead atoms. The van der Waals surface area contributed by atoms with Gasteiger partial charge in [0.15, 0.2) is 0 Å². The molecule has 3 rings (SSSR count). The summed E-state index contributed by atoms with van der Waals surface area (Å²) in [6.45, 7) is 7.98. The number of carbonyl (C=O) groups is 1. The molecule has 0 N–H and O–H groups in total. The van der Waals surface area contributed by atoms with Crippen LogP contribution in [0, 0.1) is 12.8 Å². The van der Waals surface area contributed by atoms with Crippen molar-refractivity contribution >= 4 is 15.9 Å². The van der Waals surface area contributed by atoms with Gasteiger partial charge in [0.2, 0.25) is 10.0 Å². The van der Waals surface area contributed by atoms with Gasteiger partial charge in [0.25, 0.3) is 5.91 Å². The lowest BCUT2D eigenvalue weighted by Gasteiger charge is -2.32. The molecule has 1 atom stereocenters. The van der Waals surface area contributed by atoms with Crippen molar-refractivity contribution in [3.8, 4) is 0 Å². The third-order valence-electron chi connectivity index (χ3n) is 5.74. The quantitative estimate of drug-likeness (QED) is 0.709. The van der Waals surface area contributed by atoms with Crippen LogP contribution >= 0.6 is 0 Å². The first-order valence-corrected chi connectivity index (χ1v) is 11.7. The molecule has 1 saturated heterocycles. The standard InChI is InChI=1S/C21H32N2O3S/c1-4-12-22(15-18-9-10-18)21(24)20-14-19(11-8-16(20)2)27(25,26)23-13-6-5-7-17(23)3/h8,11,14,17-18H,4-7,9-10,12-13,15H2,1-3H3. The molecule has 1 heterocycles. The zero-order valence-electron chi connectivity index (χ0n) is 16.8. The van der Waals surface area contributed by atoms with Crippen LogP contribution < -0.4 is 0 Å². The summed E-state index contributed by atoms with van der Waals surface area (Å²) in [5, 5.41) is 0. The summed E-state index contributed by atoms with van der Waals surface area (Å²) in [4.78, 5) is 15.3. The molecule has 0 spiro atoms. The number of rotatable bonds is 7. The molecule has 0 radical (unpaired) electrons. The van der Waals surface area contributed by atoms with E-state index in [-0.39, 0.29) is 16.8 Å². The van der Waals surface area contributed by atoms with Crippen molar-refractivity contribution in [3.63, 3.8) is 0 Å². The third-order valence-corrected chi connectivity index (χ3v) is 7.75. The molecule has 1 aromatic carbocycles. The molecular weight excluding hydrogens is 360 g/mol. The van der Waals surface area contributed by atoms with E-state index in [1.54, 1.807) is 22.5 Å². The van der Waals surface area contributed by atoms with E-state index in [0.717, 1.165) is 44.3 Å². The second-order valence-electron chi connectivity index (χ2n) is 8.13. The Kier molecular flexibility index (Phi) is 6.26. The predicted octanol–water partition coefficient (Wildman–Crippen LogP) is 3.82. The minimum atomic E-state index is -3.57. The van der Waals surface area contributed by atoms with Crippen LogP contribution in [0.15, 0.2) is 23.1 Å². The normalized spacial score (nSPS) is 21.2. The molecule has 5 nitrogen and oxygen atoms in total. The first kappa shape index (κ1) is 20.3. The van der Waals surface area contributed by atoms with Crippen molar-refractivity contribution in [2.24, 2.45) is 5.92 Å². The second-order valence-corrected chi connectivity index (χ2v) is 10.0. The van der Waals surface area contributed by atoms with E-state index in [9.17, 15) is 13.2 Å². The number of nitrogens with zero attached hydrogens (tertiary/aromatic N) is 2. The molecule has 6 heteroatoms. The average Bonchev–Trinajstić information content (AvgIpc) is 3.45. The number of hydrogen-bond acceptors (Lipinski definition) is 3.